The summed E-state index contributed by atoms with van der Waals surface area (Å²) in [5.74, 6) is -0.456. The van der Waals surface area contributed by atoms with E-state index in [1.54, 1.807) is 19.2 Å². The molecule has 20 heavy (non-hydrogen) atoms. The Hall–Kier alpha value is -1.66. The molecule has 7 heteroatoms. The van der Waals surface area contributed by atoms with E-state index in [-0.39, 0.29) is 10.7 Å². The lowest BCUT2D eigenvalue weighted by Gasteiger charge is -2.09. The van der Waals surface area contributed by atoms with Crippen LogP contribution in [0, 0.1) is 5.82 Å². The minimum absolute atomic E-state index is 0.0645. The van der Waals surface area contributed by atoms with Crippen molar-refractivity contribution in [3.05, 3.63) is 51.3 Å². The molecular formula is C13H10BrClFN3O. The number of nitrogens with zero attached hydrogens (tertiary/aromatic N) is 1. The lowest BCUT2D eigenvalue weighted by molar-refractivity contribution is 0.102. The van der Waals surface area contributed by atoms with E-state index in [1.807, 2.05) is 0 Å². The van der Waals surface area contributed by atoms with Gasteiger partial charge in [0.05, 0.1) is 10.7 Å². The first-order valence-electron chi connectivity index (χ1n) is 5.62. The van der Waals surface area contributed by atoms with Crippen molar-refractivity contribution in [2.75, 3.05) is 17.7 Å². The zero-order valence-electron chi connectivity index (χ0n) is 10.4. The maximum Gasteiger partial charge on any atom is 0.275 e. The molecule has 0 aliphatic heterocycles. The molecule has 0 aliphatic carbocycles. The van der Waals surface area contributed by atoms with Crippen LogP contribution < -0.4 is 10.6 Å². The smallest absolute Gasteiger partial charge is 0.275 e. The minimum atomic E-state index is -0.515. The van der Waals surface area contributed by atoms with Crippen LogP contribution in [0.5, 0.6) is 0 Å². The molecule has 0 fully saturated rings. The summed E-state index contributed by atoms with van der Waals surface area (Å²) in [6.45, 7) is 0. The number of halogens is 3. The van der Waals surface area contributed by atoms with Gasteiger partial charge in [0.2, 0.25) is 0 Å². The van der Waals surface area contributed by atoms with E-state index in [0.29, 0.717) is 16.0 Å². The Morgan fingerprint density at radius 3 is 2.80 bits per heavy atom. The first-order valence-corrected chi connectivity index (χ1v) is 6.79. The van der Waals surface area contributed by atoms with Gasteiger partial charge in [-0.3, -0.25) is 4.79 Å². The SMILES string of the molecule is CNc1ccc(Cl)c(C(=O)Nc2cc(F)ccc2Br)n1. The zero-order chi connectivity index (χ0) is 14.7. The van der Waals surface area contributed by atoms with Crippen molar-refractivity contribution in [1.82, 2.24) is 4.98 Å². The molecule has 2 aromatic rings. The van der Waals surface area contributed by atoms with Crippen molar-refractivity contribution in [3.8, 4) is 0 Å². The van der Waals surface area contributed by atoms with Gasteiger partial charge in [-0.15, -0.1) is 0 Å². The maximum atomic E-state index is 13.2. The first kappa shape index (κ1) is 14.7. The predicted molar refractivity (Wildman–Crippen MR) is 80.8 cm³/mol. The highest BCUT2D eigenvalue weighted by atomic mass is 79.9. The molecule has 0 saturated heterocycles. The fourth-order valence-electron chi connectivity index (χ4n) is 1.52. The third-order valence-corrected chi connectivity index (χ3v) is 3.49. The second-order valence-electron chi connectivity index (χ2n) is 3.86. The monoisotopic (exact) mass is 357 g/mol. The first-order chi connectivity index (χ1) is 9.51. The van der Waals surface area contributed by atoms with E-state index in [4.69, 9.17) is 11.6 Å². The quantitative estimate of drug-likeness (QED) is 0.874. The Bertz CT molecular complexity index is 666. The highest BCUT2D eigenvalue weighted by Crippen LogP contribution is 2.25. The van der Waals surface area contributed by atoms with Gasteiger partial charge in [0.25, 0.3) is 5.91 Å². The number of pyridine rings is 1. The molecule has 0 unspecified atom stereocenters. The summed E-state index contributed by atoms with van der Waals surface area (Å²) in [6, 6.07) is 7.21. The number of amides is 1. The van der Waals surface area contributed by atoms with Gasteiger partial charge >= 0.3 is 0 Å². The molecule has 2 rings (SSSR count). The van der Waals surface area contributed by atoms with E-state index in [0.717, 1.165) is 0 Å². The summed E-state index contributed by atoms with van der Waals surface area (Å²) in [5.41, 5.74) is 0.373. The molecule has 0 spiro atoms. The van der Waals surface area contributed by atoms with Crippen LogP contribution >= 0.6 is 27.5 Å². The van der Waals surface area contributed by atoms with Crippen molar-refractivity contribution >= 4 is 44.9 Å². The molecule has 104 valence electrons. The van der Waals surface area contributed by atoms with Crippen LogP contribution in [0.4, 0.5) is 15.9 Å². The van der Waals surface area contributed by atoms with E-state index in [9.17, 15) is 9.18 Å². The topological polar surface area (TPSA) is 54.0 Å². The average molecular weight is 359 g/mol. The summed E-state index contributed by atoms with van der Waals surface area (Å²) in [4.78, 5) is 16.2. The number of hydrogen-bond donors (Lipinski definition) is 2. The van der Waals surface area contributed by atoms with Gasteiger partial charge in [-0.1, -0.05) is 11.6 Å². The lowest BCUT2D eigenvalue weighted by Crippen LogP contribution is -2.15. The summed E-state index contributed by atoms with van der Waals surface area (Å²) < 4.78 is 13.7. The van der Waals surface area contributed by atoms with Crippen molar-refractivity contribution in [2.45, 2.75) is 0 Å². The number of nitrogens with one attached hydrogen (secondary N) is 2. The Morgan fingerprint density at radius 1 is 1.35 bits per heavy atom. The van der Waals surface area contributed by atoms with Crippen molar-refractivity contribution in [1.29, 1.82) is 0 Å². The summed E-state index contributed by atoms with van der Waals surface area (Å²) in [5, 5.41) is 5.59. The Kier molecular flexibility index (Phi) is 4.57. The van der Waals surface area contributed by atoms with Gasteiger partial charge < -0.3 is 10.6 Å². The predicted octanol–water partition coefficient (Wildman–Crippen LogP) is 3.93. The number of carbonyl (C=O) groups excluding carboxylic acids is 1. The third-order valence-electron chi connectivity index (χ3n) is 2.49. The van der Waals surface area contributed by atoms with Crippen LogP contribution in [-0.2, 0) is 0 Å². The summed E-state index contributed by atoms with van der Waals surface area (Å²) >= 11 is 9.18. The van der Waals surface area contributed by atoms with Crippen LogP contribution in [0.25, 0.3) is 0 Å². The van der Waals surface area contributed by atoms with Crippen molar-refractivity contribution in [2.24, 2.45) is 0 Å². The molecular weight excluding hydrogens is 349 g/mol. The van der Waals surface area contributed by atoms with Crippen LogP contribution in [0.15, 0.2) is 34.8 Å². The van der Waals surface area contributed by atoms with Gasteiger partial charge in [0.1, 0.15) is 17.3 Å². The standard InChI is InChI=1S/C13H10BrClFN3O/c1-17-11-5-4-9(15)12(19-11)13(20)18-10-6-7(16)2-3-8(10)14/h2-6H,1H3,(H,17,19)(H,18,20). The van der Waals surface area contributed by atoms with Crippen LogP contribution in [0.3, 0.4) is 0 Å². The van der Waals surface area contributed by atoms with Crippen molar-refractivity contribution < 1.29 is 9.18 Å². The van der Waals surface area contributed by atoms with Crippen LogP contribution in [-0.4, -0.2) is 17.9 Å². The zero-order valence-corrected chi connectivity index (χ0v) is 12.7. The highest BCUT2D eigenvalue weighted by molar-refractivity contribution is 9.10. The van der Waals surface area contributed by atoms with Crippen LogP contribution in [0.1, 0.15) is 10.5 Å². The fourth-order valence-corrected chi connectivity index (χ4v) is 2.05. The van der Waals surface area contributed by atoms with Gasteiger partial charge in [0, 0.05) is 11.5 Å². The lowest BCUT2D eigenvalue weighted by atomic mass is 10.2. The number of carbonyl (C=O) groups is 1. The molecule has 0 saturated carbocycles. The number of hydrogen-bond acceptors (Lipinski definition) is 3. The van der Waals surface area contributed by atoms with Gasteiger partial charge in [-0.2, -0.15) is 0 Å². The highest BCUT2D eigenvalue weighted by Gasteiger charge is 2.15. The molecule has 4 nitrogen and oxygen atoms in total. The Balaban J connectivity index is 2.30. The fraction of sp³-hybridized carbons (Fsp3) is 0.0769. The Morgan fingerprint density at radius 2 is 2.10 bits per heavy atom. The largest absolute Gasteiger partial charge is 0.373 e. The molecule has 0 bridgehead atoms. The van der Waals surface area contributed by atoms with Gasteiger partial charge in [0.15, 0.2) is 0 Å². The van der Waals surface area contributed by atoms with Gasteiger partial charge in [-0.25, -0.2) is 9.37 Å². The molecule has 1 aromatic carbocycles. The van der Waals surface area contributed by atoms with Crippen molar-refractivity contribution in [3.63, 3.8) is 0 Å². The molecule has 0 atom stereocenters. The van der Waals surface area contributed by atoms with E-state index < -0.39 is 11.7 Å². The number of benzene rings is 1. The van der Waals surface area contributed by atoms with E-state index in [1.165, 1.54) is 18.2 Å². The molecule has 2 N–H and O–H groups in total. The van der Waals surface area contributed by atoms with Crippen LogP contribution in [0.2, 0.25) is 5.02 Å². The minimum Gasteiger partial charge on any atom is -0.373 e. The Labute approximate surface area is 128 Å². The second-order valence-corrected chi connectivity index (χ2v) is 5.12. The third kappa shape index (κ3) is 3.26. The molecule has 1 heterocycles. The van der Waals surface area contributed by atoms with E-state index >= 15 is 0 Å². The molecule has 1 amide bonds. The normalized spacial score (nSPS) is 10.2. The average Bonchev–Trinajstić information content (AvgIpc) is 2.43. The number of anilines is 2. The summed E-state index contributed by atoms with van der Waals surface area (Å²) in [7, 11) is 1.68. The molecule has 1 aromatic heterocycles. The number of aromatic nitrogens is 1. The van der Waals surface area contributed by atoms with E-state index in [2.05, 4.69) is 31.5 Å². The maximum absolute atomic E-state index is 13.2. The molecule has 0 aliphatic rings. The summed E-state index contributed by atoms with van der Waals surface area (Å²) in [6.07, 6.45) is 0. The molecule has 0 radical (unpaired) electrons. The second kappa shape index (κ2) is 6.19. The van der Waals surface area contributed by atoms with Gasteiger partial charge in [-0.05, 0) is 46.3 Å². The number of rotatable bonds is 3.